The Hall–Kier alpha value is -2.13. The van der Waals surface area contributed by atoms with Gasteiger partial charge in [-0.15, -0.1) is 0 Å². The normalized spacial score (nSPS) is 15.1. The van der Waals surface area contributed by atoms with Crippen molar-refractivity contribution in [2.24, 2.45) is 0 Å². The minimum atomic E-state index is -3.76. The fourth-order valence-electron chi connectivity index (χ4n) is 2.95. The first kappa shape index (κ1) is 21.6. The quantitative estimate of drug-likeness (QED) is 0.695. The van der Waals surface area contributed by atoms with Crippen LogP contribution in [-0.2, 0) is 26.0 Å². The molecule has 2 aromatic carbocycles. The lowest BCUT2D eigenvalue weighted by Crippen LogP contribution is -2.40. The topological polar surface area (TPSA) is 87.7 Å². The number of nitrogens with one attached hydrogen (secondary N) is 2. The summed E-state index contributed by atoms with van der Waals surface area (Å²) in [5, 5.41) is 5.87. The Kier molecular flexibility index (Phi) is 7.13. The number of amides is 1. The smallest absolute Gasteiger partial charge is 0.244 e. The first-order valence-corrected chi connectivity index (χ1v) is 11.2. The van der Waals surface area contributed by atoms with Crippen LogP contribution in [0.5, 0.6) is 0 Å². The van der Waals surface area contributed by atoms with Crippen LogP contribution in [0.15, 0.2) is 47.4 Å². The van der Waals surface area contributed by atoms with E-state index < -0.39 is 10.0 Å². The molecule has 2 N–H and O–H groups in total. The summed E-state index contributed by atoms with van der Waals surface area (Å²) in [5.41, 5.74) is 2.42. The Morgan fingerprint density at radius 2 is 1.76 bits per heavy atom. The average Bonchev–Trinajstić information content (AvgIpc) is 2.74. The third kappa shape index (κ3) is 5.48. The maximum absolute atomic E-state index is 12.9. The molecule has 0 unspecified atom stereocenters. The number of ether oxygens (including phenoxy) is 1. The molecule has 2 aromatic rings. The van der Waals surface area contributed by atoms with Crippen molar-refractivity contribution in [2.45, 2.75) is 18.2 Å². The summed E-state index contributed by atoms with van der Waals surface area (Å²) in [5.74, 6) is -0.290. The molecule has 0 aromatic heterocycles. The van der Waals surface area contributed by atoms with E-state index in [2.05, 4.69) is 17.6 Å². The van der Waals surface area contributed by atoms with Crippen LogP contribution < -0.4 is 10.6 Å². The van der Waals surface area contributed by atoms with Crippen LogP contribution in [0.2, 0.25) is 5.02 Å². The lowest BCUT2D eigenvalue weighted by atomic mass is 10.1. The summed E-state index contributed by atoms with van der Waals surface area (Å²) in [6.07, 6.45) is 0.951. The molecule has 9 heteroatoms. The molecule has 0 aliphatic carbocycles. The van der Waals surface area contributed by atoms with E-state index in [-0.39, 0.29) is 35.5 Å². The molecule has 29 heavy (non-hydrogen) atoms. The van der Waals surface area contributed by atoms with E-state index in [1.165, 1.54) is 22.0 Å². The van der Waals surface area contributed by atoms with E-state index in [1.807, 2.05) is 24.3 Å². The van der Waals surface area contributed by atoms with Crippen LogP contribution in [0.25, 0.3) is 0 Å². The van der Waals surface area contributed by atoms with E-state index in [0.29, 0.717) is 18.9 Å². The molecule has 1 aliphatic heterocycles. The largest absolute Gasteiger partial charge is 0.379 e. The number of benzene rings is 2. The van der Waals surface area contributed by atoms with Crippen molar-refractivity contribution in [1.29, 1.82) is 0 Å². The van der Waals surface area contributed by atoms with Gasteiger partial charge in [0.05, 0.1) is 24.8 Å². The Labute approximate surface area is 176 Å². The molecule has 0 spiro atoms. The van der Waals surface area contributed by atoms with Crippen LogP contribution in [0.3, 0.4) is 0 Å². The fourth-order valence-corrected chi connectivity index (χ4v) is 4.86. The molecule has 156 valence electrons. The number of rotatable bonds is 7. The minimum absolute atomic E-state index is 0.0259. The van der Waals surface area contributed by atoms with Crippen LogP contribution in [0.1, 0.15) is 12.5 Å². The molecule has 0 atom stereocenters. The van der Waals surface area contributed by atoms with Crippen molar-refractivity contribution in [3.63, 3.8) is 0 Å². The highest BCUT2D eigenvalue weighted by Gasteiger charge is 2.28. The molecular formula is C20H24ClN3O4S. The highest BCUT2D eigenvalue weighted by Crippen LogP contribution is 2.28. The standard InChI is InChI=1S/C20H24ClN3O4S/c1-2-15-3-5-16(6-4-15)22-14-20(25)23-17-7-8-18(21)19(13-17)29(26,27)24-9-11-28-12-10-24/h3-8,13,22H,2,9-12,14H2,1H3,(H,23,25). The second kappa shape index (κ2) is 9.58. The van der Waals surface area contributed by atoms with Crippen LogP contribution >= 0.6 is 11.6 Å². The van der Waals surface area contributed by atoms with Crippen LogP contribution in [0, 0.1) is 0 Å². The molecule has 1 heterocycles. The molecule has 0 saturated carbocycles. The third-order valence-corrected chi connectivity index (χ3v) is 7.00. The minimum Gasteiger partial charge on any atom is -0.379 e. The summed E-state index contributed by atoms with van der Waals surface area (Å²) in [4.78, 5) is 12.2. The number of nitrogens with zero attached hydrogens (tertiary/aromatic N) is 1. The van der Waals surface area contributed by atoms with Crippen molar-refractivity contribution in [1.82, 2.24) is 4.31 Å². The van der Waals surface area contributed by atoms with E-state index in [1.54, 1.807) is 6.07 Å². The molecular weight excluding hydrogens is 414 g/mol. The van der Waals surface area contributed by atoms with Gasteiger partial charge in [0.1, 0.15) is 4.90 Å². The Morgan fingerprint density at radius 1 is 1.10 bits per heavy atom. The van der Waals surface area contributed by atoms with Crippen LogP contribution in [0.4, 0.5) is 11.4 Å². The summed E-state index contributed by atoms with van der Waals surface area (Å²) in [7, 11) is -3.76. The molecule has 7 nitrogen and oxygen atoms in total. The molecule has 3 rings (SSSR count). The number of carbonyl (C=O) groups is 1. The van der Waals surface area contributed by atoms with E-state index in [9.17, 15) is 13.2 Å². The van der Waals surface area contributed by atoms with Gasteiger partial charge in [-0.05, 0) is 42.3 Å². The highest BCUT2D eigenvalue weighted by molar-refractivity contribution is 7.89. The van der Waals surface area contributed by atoms with E-state index in [0.717, 1.165) is 12.1 Å². The van der Waals surface area contributed by atoms with Gasteiger partial charge in [-0.1, -0.05) is 30.7 Å². The zero-order chi connectivity index (χ0) is 20.9. The fraction of sp³-hybridized carbons (Fsp3) is 0.350. The van der Waals surface area contributed by atoms with Gasteiger partial charge in [-0.25, -0.2) is 8.42 Å². The molecule has 1 saturated heterocycles. The summed E-state index contributed by atoms with van der Waals surface area (Å²) in [6.45, 7) is 3.37. The van der Waals surface area contributed by atoms with E-state index >= 15 is 0 Å². The molecule has 1 aliphatic rings. The number of morpholine rings is 1. The average molecular weight is 438 g/mol. The monoisotopic (exact) mass is 437 g/mol. The Balaban J connectivity index is 1.66. The van der Waals surface area contributed by atoms with Gasteiger partial charge in [0, 0.05) is 24.5 Å². The molecule has 0 radical (unpaired) electrons. The number of hydrogen-bond donors (Lipinski definition) is 2. The second-order valence-corrected chi connectivity index (χ2v) is 8.93. The van der Waals surface area contributed by atoms with Gasteiger partial charge in [0.2, 0.25) is 15.9 Å². The number of anilines is 2. The SMILES string of the molecule is CCc1ccc(NCC(=O)Nc2ccc(Cl)c(S(=O)(=O)N3CCOCC3)c2)cc1. The van der Waals surface area contributed by atoms with Crippen LogP contribution in [-0.4, -0.2) is 51.5 Å². The van der Waals surface area contributed by atoms with Crippen molar-refractivity contribution in [3.8, 4) is 0 Å². The highest BCUT2D eigenvalue weighted by atomic mass is 35.5. The Morgan fingerprint density at radius 3 is 2.41 bits per heavy atom. The van der Waals surface area contributed by atoms with Crippen molar-refractivity contribution < 1.29 is 17.9 Å². The number of sulfonamides is 1. The first-order chi connectivity index (χ1) is 13.9. The summed E-state index contributed by atoms with van der Waals surface area (Å²) in [6, 6.07) is 12.3. The predicted octanol–water partition coefficient (Wildman–Crippen LogP) is 2.97. The number of carbonyl (C=O) groups excluding carboxylic acids is 1. The first-order valence-electron chi connectivity index (χ1n) is 9.40. The number of halogens is 1. The lowest BCUT2D eigenvalue weighted by Gasteiger charge is -2.26. The van der Waals surface area contributed by atoms with Gasteiger partial charge in [-0.2, -0.15) is 4.31 Å². The molecule has 1 amide bonds. The summed E-state index contributed by atoms with van der Waals surface area (Å²) >= 11 is 6.14. The number of aryl methyl sites for hydroxylation is 1. The van der Waals surface area contributed by atoms with Gasteiger partial charge < -0.3 is 15.4 Å². The second-order valence-electron chi connectivity index (χ2n) is 6.61. The van der Waals surface area contributed by atoms with Gasteiger partial charge in [-0.3, -0.25) is 4.79 Å². The van der Waals surface area contributed by atoms with E-state index in [4.69, 9.17) is 16.3 Å². The van der Waals surface area contributed by atoms with Gasteiger partial charge in [0.25, 0.3) is 0 Å². The molecule has 1 fully saturated rings. The van der Waals surface area contributed by atoms with Crippen molar-refractivity contribution in [2.75, 3.05) is 43.5 Å². The number of hydrogen-bond acceptors (Lipinski definition) is 5. The van der Waals surface area contributed by atoms with Crippen molar-refractivity contribution >= 4 is 38.9 Å². The van der Waals surface area contributed by atoms with Gasteiger partial charge in [0.15, 0.2) is 0 Å². The maximum Gasteiger partial charge on any atom is 0.244 e. The lowest BCUT2D eigenvalue weighted by molar-refractivity contribution is -0.114. The van der Waals surface area contributed by atoms with Crippen molar-refractivity contribution in [3.05, 3.63) is 53.1 Å². The zero-order valence-electron chi connectivity index (χ0n) is 16.2. The Bertz CT molecular complexity index is 958. The predicted molar refractivity (Wildman–Crippen MR) is 114 cm³/mol. The zero-order valence-corrected chi connectivity index (χ0v) is 17.7. The third-order valence-electron chi connectivity index (χ3n) is 4.62. The molecule has 0 bridgehead atoms. The van der Waals surface area contributed by atoms with Gasteiger partial charge >= 0.3 is 0 Å². The maximum atomic E-state index is 12.9. The summed E-state index contributed by atoms with van der Waals surface area (Å²) < 4.78 is 32.3.